The SMILES string of the molecule is CCOc1cc([C@H]2[C@H](CN)C2(C)C)ccc1O. The van der Waals surface area contributed by atoms with E-state index in [9.17, 15) is 5.11 Å². The summed E-state index contributed by atoms with van der Waals surface area (Å²) in [6, 6.07) is 5.63. The van der Waals surface area contributed by atoms with Crippen LogP contribution in [0, 0.1) is 11.3 Å². The number of hydrogen-bond donors (Lipinski definition) is 2. The summed E-state index contributed by atoms with van der Waals surface area (Å²) in [5.74, 6) is 1.79. The minimum Gasteiger partial charge on any atom is -0.504 e. The summed E-state index contributed by atoms with van der Waals surface area (Å²) in [6.45, 7) is 7.66. The summed E-state index contributed by atoms with van der Waals surface area (Å²) >= 11 is 0. The van der Waals surface area contributed by atoms with Gasteiger partial charge < -0.3 is 15.6 Å². The Hall–Kier alpha value is -1.22. The molecule has 94 valence electrons. The van der Waals surface area contributed by atoms with Gasteiger partial charge in [-0.1, -0.05) is 19.9 Å². The van der Waals surface area contributed by atoms with E-state index >= 15 is 0 Å². The zero-order valence-corrected chi connectivity index (χ0v) is 10.7. The Kier molecular flexibility index (Phi) is 3.04. The lowest BCUT2D eigenvalue weighted by atomic mass is 10.0. The third-order valence-electron chi connectivity index (χ3n) is 3.95. The fourth-order valence-corrected chi connectivity index (χ4v) is 2.84. The van der Waals surface area contributed by atoms with E-state index in [4.69, 9.17) is 10.5 Å². The Morgan fingerprint density at radius 3 is 2.65 bits per heavy atom. The van der Waals surface area contributed by atoms with Crippen molar-refractivity contribution in [3.05, 3.63) is 23.8 Å². The Labute approximate surface area is 103 Å². The van der Waals surface area contributed by atoms with Crippen LogP contribution in [0.4, 0.5) is 0 Å². The van der Waals surface area contributed by atoms with E-state index in [1.165, 1.54) is 5.56 Å². The third-order valence-corrected chi connectivity index (χ3v) is 3.95. The molecule has 0 heterocycles. The number of nitrogens with two attached hydrogens (primary N) is 1. The van der Waals surface area contributed by atoms with Gasteiger partial charge in [0.2, 0.25) is 0 Å². The molecule has 1 aliphatic rings. The highest BCUT2D eigenvalue weighted by atomic mass is 16.5. The Morgan fingerprint density at radius 2 is 2.12 bits per heavy atom. The third kappa shape index (κ3) is 2.00. The maximum absolute atomic E-state index is 9.67. The van der Waals surface area contributed by atoms with Crippen LogP contribution >= 0.6 is 0 Å². The van der Waals surface area contributed by atoms with Crippen LogP contribution in [-0.2, 0) is 0 Å². The van der Waals surface area contributed by atoms with Crippen LogP contribution in [0.1, 0.15) is 32.3 Å². The standard InChI is InChI=1S/C14H21NO2/c1-4-17-12-7-9(5-6-11(12)16)13-10(8-15)14(13,2)3/h5-7,10,13,16H,4,8,15H2,1-3H3/t10-,13-/m0/s1. The quantitative estimate of drug-likeness (QED) is 0.843. The van der Waals surface area contributed by atoms with Crippen LogP contribution in [0.2, 0.25) is 0 Å². The van der Waals surface area contributed by atoms with Crippen LogP contribution < -0.4 is 10.5 Å². The first-order chi connectivity index (χ1) is 8.02. The molecule has 1 aromatic carbocycles. The number of benzene rings is 1. The van der Waals surface area contributed by atoms with Crippen LogP contribution in [0.15, 0.2) is 18.2 Å². The molecule has 0 spiro atoms. The van der Waals surface area contributed by atoms with Crippen LogP contribution in [0.5, 0.6) is 11.5 Å². The molecule has 0 aliphatic heterocycles. The fraction of sp³-hybridized carbons (Fsp3) is 0.571. The van der Waals surface area contributed by atoms with Crippen molar-refractivity contribution in [2.45, 2.75) is 26.7 Å². The zero-order chi connectivity index (χ0) is 12.6. The molecule has 3 nitrogen and oxygen atoms in total. The maximum atomic E-state index is 9.67. The molecule has 0 aromatic heterocycles. The second kappa shape index (κ2) is 4.22. The molecule has 2 rings (SSSR count). The van der Waals surface area contributed by atoms with Gasteiger partial charge in [0.05, 0.1) is 6.61 Å². The first-order valence-electron chi connectivity index (χ1n) is 6.18. The molecule has 1 aromatic rings. The lowest BCUT2D eigenvalue weighted by Crippen LogP contribution is -2.05. The smallest absolute Gasteiger partial charge is 0.161 e. The number of hydrogen-bond acceptors (Lipinski definition) is 3. The minimum atomic E-state index is 0.207. The topological polar surface area (TPSA) is 55.5 Å². The van der Waals surface area contributed by atoms with Gasteiger partial charge in [0.1, 0.15) is 0 Å². The summed E-state index contributed by atoms with van der Waals surface area (Å²) in [5, 5.41) is 9.67. The molecule has 3 N–H and O–H groups in total. The number of rotatable bonds is 4. The van der Waals surface area contributed by atoms with Gasteiger partial charge in [-0.15, -0.1) is 0 Å². The lowest BCUT2D eigenvalue weighted by Gasteiger charge is -2.09. The van der Waals surface area contributed by atoms with Crippen molar-refractivity contribution >= 4 is 0 Å². The van der Waals surface area contributed by atoms with Crippen LogP contribution in [-0.4, -0.2) is 18.3 Å². The second-order valence-corrected chi connectivity index (χ2v) is 5.30. The summed E-state index contributed by atoms with van der Waals surface area (Å²) in [7, 11) is 0. The predicted molar refractivity (Wildman–Crippen MR) is 68.3 cm³/mol. The second-order valence-electron chi connectivity index (χ2n) is 5.30. The Bertz CT molecular complexity index is 415. The summed E-state index contributed by atoms with van der Waals surface area (Å²) in [6.07, 6.45) is 0. The number of phenolic OH excluding ortho intramolecular Hbond substituents is 1. The van der Waals surface area contributed by atoms with E-state index in [2.05, 4.69) is 13.8 Å². The highest BCUT2D eigenvalue weighted by Gasteiger charge is 2.57. The first-order valence-corrected chi connectivity index (χ1v) is 6.18. The van der Waals surface area contributed by atoms with E-state index < -0.39 is 0 Å². The number of ether oxygens (including phenoxy) is 1. The molecule has 0 unspecified atom stereocenters. The largest absolute Gasteiger partial charge is 0.504 e. The van der Waals surface area contributed by atoms with E-state index in [1.54, 1.807) is 6.07 Å². The molecule has 0 amide bonds. The normalized spacial score (nSPS) is 25.6. The molecule has 3 heteroatoms. The Morgan fingerprint density at radius 1 is 1.41 bits per heavy atom. The van der Waals surface area contributed by atoms with Gasteiger partial charge in [0.25, 0.3) is 0 Å². The van der Waals surface area contributed by atoms with Crippen LogP contribution in [0.25, 0.3) is 0 Å². The monoisotopic (exact) mass is 235 g/mol. The minimum absolute atomic E-state index is 0.207. The summed E-state index contributed by atoms with van der Waals surface area (Å²) in [5.41, 5.74) is 7.26. The fourth-order valence-electron chi connectivity index (χ4n) is 2.84. The van der Waals surface area contributed by atoms with Gasteiger partial charge in [0, 0.05) is 0 Å². The van der Waals surface area contributed by atoms with Crippen molar-refractivity contribution in [1.29, 1.82) is 0 Å². The van der Waals surface area contributed by atoms with E-state index in [1.807, 2.05) is 19.1 Å². The van der Waals surface area contributed by atoms with Gasteiger partial charge in [-0.2, -0.15) is 0 Å². The van der Waals surface area contributed by atoms with E-state index in [0.717, 1.165) is 0 Å². The molecule has 0 saturated heterocycles. The van der Waals surface area contributed by atoms with Gasteiger partial charge in [-0.25, -0.2) is 0 Å². The molecular formula is C14H21NO2. The van der Waals surface area contributed by atoms with Gasteiger partial charge in [0.15, 0.2) is 11.5 Å². The van der Waals surface area contributed by atoms with E-state index in [-0.39, 0.29) is 11.2 Å². The van der Waals surface area contributed by atoms with Crippen molar-refractivity contribution in [3.63, 3.8) is 0 Å². The van der Waals surface area contributed by atoms with Crippen molar-refractivity contribution in [1.82, 2.24) is 0 Å². The highest BCUT2D eigenvalue weighted by Crippen LogP contribution is 2.64. The zero-order valence-electron chi connectivity index (χ0n) is 10.7. The summed E-state index contributed by atoms with van der Waals surface area (Å²) < 4.78 is 5.41. The van der Waals surface area contributed by atoms with Crippen molar-refractivity contribution in [2.24, 2.45) is 17.1 Å². The molecule has 1 aliphatic carbocycles. The van der Waals surface area contributed by atoms with Gasteiger partial charge in [-0.3, -0.25) is 0 Å². The Balaban J connectivity index is 2.26. The lowest BCUT2D eigenvalue weighted by molar-refractivity contribution is 0.317. The first kappa shape index (κ1) is 12.2. The van der Waals surface area contributed by atoms with E-state index in [0.29, 0.717) is 30.7 Å². The molecule has 0 radical (unpaired) electrons. The molecule has 1 saturated carbocycles. The maximum Gasteiger partial charge on any atom is 0.161 e. The van der Waals surface area contributed by atoms with Crippen molar-refractivity contribution < 1.29 is 9.84 Å². The average molecular weight is 235 g/mol. The molecular weight excluding hydrogens is 214 g/mol. The average Bonchev–Trinajstić information content (AvgIpc) is 2.84. The molecule has 17 heavy (non-hydrogen) atoms. The van der Waals surface area contributed by atoms with Gasteiger partial charge >= 0.3 is 0 Å². The number of aromatic hydroxyl groups is 1. The highest BCUT2D eigenvalue weighted by molar-refractivity contribution is 5.45. The number of phenols is 1. The molecule has 2 atom stereocenters. The van der Waals surface area contributed by atoms with Gasteiger partial charge in [-0.05, 0) is 48.4 Å². The van der Waals surface area contributed by atoms with Crippen molar-refractivity contribution in [2.75, 3.05) is 13.2 Å². The summed E-state index contributed by atoms with van der Waals surface area (Å²) in [4.78, 5) is 0. The predicted octanol–water partition coefficient (Wildman–Crippen LogP) is 2.49. The van der Waals surface area contributed by atoms with Crippen molar-refractivity contribution in [3.8, 4) is 11.5 Å². The molecule has 1 fully saturated rings. The van der Waals surface area contributed by atoms with Crippen LogP contribution in [0.3, 0.4) is 0 Å². The molecule has 0 bridgehead atoms.